The largest absolute Gasteiger partial charge is 0.489 e. The fourth-order valence-corrected chi connectivity index (χ4v) is 4.03. The van der Waals surface area contributed by atoms with Crippen molar-refractivity contribution >= 4 is 0 Å². The zero-order valence-electron chi connectivity index (χ0n) is 16.0. The number of hydrogen-bond donors (Lipinski definition) is 1. The fraction of sp³-hybridized carbons (Fsp3) is 0.478. The molecule has 2 aromatic carbocycles. The van der Waals surface area contributed by atoms with Crippen LogP contribution in [0, 0.1) is 0 Å². The van der Waals surface area contributed by atoms with Crippen LogP contribution >= 0.6 is 0 Å². The second-order valence-corrected chi connectivity index (χ2v) is 7.83. The zero-order chi connectivity index (χ0) is 18.4. The molecule has 1 fully saturated rings. The Balaban J connectivity index is 1.78. The molecule has 0 spiro atoms. The predicted octanol–water partition coefficient (Wildman–Crippen LogP) is 4.61. The van der Waals surface area contributed by atoms with Crippen molar-refractivity contribution in [3.8, 4) is 5.75 Å². The Morgan fingerprint density at radius 2 is 1.73 bits per heavy atom. The first-order valence-corrected chi connectivity index (χ1v) is 9.71. The van der Waals surface area contributed by atoms with Gasteiger partial charge in [-0.1, -0.05) is 61.7 Å². The summed E-state index contributed by atoms with van der Waals surface area (Å²) in [6, 6.07) is 18.5. The normalized spacial score (nSPS) is 17.8. The quantitative estimate of drug-likeness (QED) is 0.789. The van der Waals surface area contributed by atoms with E-state index in [0.717, 1.165) is 43.5 Å². The van der Waals surface area contributed by atoms with Gasteiger partial charge in [-0.3, -0.25) is 0 Å². The van der Waals surface area contributed by atoms with Gasteiger partial charge in [0, 0.05) is 12.5 Å². The molecule has 26 heavy (non-hydrogen) atoms. The monoisotopic (exact) mass is 353 g/mol. The molecule has 3 heteroatoms. The number of ether oxygens (including phenoxy) is 1. The van der Waals surface area contributed by atoms with Gasteiger partial charge in [0.15, 0.2) is 0 Å². The number of rotatable bonds is 7. The van der Waals surface area contributed by atoms with E-state index >= 15 is 0 Å². The van der Waals surface area contributed by atoms with E-state index in [-0.39, 0.29) is 5.92 Å². The second kappa shape index (κ2) is 8.70. The van der Waals surface area contributed by atoms with Gasteiger partial charge in [0.2, 0.25) is 0 Å². The van der Waals surface area contributed by atoms with Crippen LogP contribution in [0.5, 0.6) is 5.75 Å². The van der Waals surface area contributed by atoms with Crippen molar-refractivity contribution in [2.24, 2.45) is 0 Å². The molecule has 0 amide bonds. The van der Waals surface area contributed by atoms with Crippen LogP contribution in [0.4, 0.5) is 0 Å². The number of benzene rings is 2. The number of likely N-dealkylation sites (N-methyl/N-ethyl adjacent to an activating group) is 1. The minimum Gasteiger partial charge on any atom is -0.489 e. The third-order valence-electron chi connectivity index (χ3n) is 5.42. The summed E-state index contributed by atoms with van der Waals surface area (Å²) < 4.78 is 6.01. The molecule has 2 aromatic rings. The maximum Gasteiger partial charge on any atom is 0.120 e. The number of nitrogens with zero attached hydrogens (tertiary/aromatic N) is 1. The summed E-state index contributed by atoms with van der Waals surface area (Å²) in [5, 5.41) is 11.4. The summed E-state index contributed by atoms with van der Waals surface area (Å²) in [7, 11) is 4.16. The van der Waals surface area contributed by atoms with Crippen LogP contribution in [0.1, 0.15) is 49.1 Å². The number of hydrogen-bond acceptors (Lipinski definition) is 3. The molecule has 3 nitrogen and oxygen atoms in total. The van der Waals surface area contributed by atoms with Gasteiger partial charge in [0.05, 0.1) is 5.60 Å². The summed E-state index contributed by atoms with van der Waals surface area (Å²) >= 11 is 0. The van der Waals surface area contributed by atoms with Crippen LogP contribution in [0.3, 0.4) is 0 Å². The smallest absolute Gasteiger partial charge is 0.120 e. The van der Waals surface area contributed by atoms with Gasteiger partial charge in [-0.05, 0) is 50.2 Å². The standard InChI is InChI=1S/C23H31NO2/c1-24(2)17-22(23(25)14-7-4-8-15-23)20-12-9-13-21(16-20)26-18-19-10-5-3-6-11-19/h3,5-6,9-13,16,22,25H,4,7-8,14-15,17-18H2,1-2H3. The minimum atomic E-state index is -0.611. The first kappa shape index (κ1) is 18.9. The highest BCUT2D eigenvalue weighted by Crippen LogP contribution is 2.41. The lowest BCUT2D eigenvalue weighted by atomic mass is 9.72. The summed E-state index contributed by atoms with van der Waals surface area (Å²) in [5.74, 6) is 0.979. The van der Waals surface area contributed by atoms with Gasteiger partial charge in [-0.25, -0.2) is 0 Å². The van der Waals surface area contributed by atoms with Crippen molar-refractivity contribution in [2.75, 3.05) is 20.6 Å². The second-order valence-electron chi connectivity index (χ2n) is 7.83. The van der Waals surface area contributed by atoms with Crippen molar-refractivity contribution in [3.63, 3.8) is 0 Å². The fourth-order valence-electron chi connectivity index (χ4n) is 4.03. The van der Waals surface area contributed by atoms with E-state index in [2.05, 4.69) is 43.3 Å². The van der Waals surface area contributed by atoms with Crippen LogP contribution in [0.2, 0.25) is 0 Å². The summed E-state index contributed by atoms with van der Waals surface area (Å²) in [4.78, 5) is 2.18. The third-order valence-corrected chi connectivity index (χ3v) is 5.42. The Hall–Kier alpha value is -1.84. The zero-order valence-corrected chi connectivity index (χ0v) is 16.0. The molecule has 0 aliphatic heterocycles. The molecule has 0 saturated heterocycles. The molecular formula is C23H31NO2. The summed E-state index contributed by atoms with van der Waals surface area (Å²) in [5.41, 5.74) is 1.72. The lowest BCUT2D eigenvalue weighted by Gasteiger charge is -2.41. The molecular weight excluding hydrogens is 322 g/mol. The Morgan fingerprint density at radius 3 is 2.42 bits per heavy atom. The first-order valence-electron chi connectivity index (χ1n) is 9.71. The number of aliphatic hydroxyl groups is 1. The first-order chi connectivity index (χ1) is 12.6. The molecule has 1 saturated carbocycles. The van der Waals surface area contributed by atoms with Crippen LogP contribution in [-0.4, -0.2) is 36.2 Å². The SMILES string of the molecule is CN(C)CC(c1cccc(OCc2ccccc2)c1)C1(O)CCCCC1. The summed E-state index contributed by atoms with van der Waals surface area (Å²) in [6.45, 7) is 1.41. The molecule has 140 valence electrons. The van der Waals surface area contributed by atoms with Crippen molar-refractivity contribution in [1.82, 2.24) is 4.90 Å². The van der Waals surface area contributed by atoms with Gasteiger partial charge < -0.3 is 14.7 Å². The Morgan fingerprint density at radius 1 is 1.00 bits per heavy atom. The van der Waals surface area contributed by atoms with Crippen LogP contribution < -0.4 is 4.74 Å². The minimum absolute atomic E-state index is 0.109. The molecule has 1 unspecified atom stereocenters. The third kappa shape index (κ3) is 4.87. The van der Waals surface area contributed by atoms with Crippen molar-refractivity contribution in [3.05, 3.63) is 65.7 Å². The molecule has 1 atom stereocenters. The lowest BCUT2D eigenvalue weighted by Crippen LogP contribution is -2.42. The van der Waals surface area contributed by atoms with Crippen molar-refractivity contribution in [1.29, 1.82) is 0 Å². The molecule has 1 aliphatic rings. The molecule has 1 aliphatic carbocycles. The molecule has 0 bridgehead atoms. The van der Waals surface area contributed by atoms with E-state index in [1.165, 1.54) is 12.0 Å². The molecule has 0 radical (unpaired) electrons. The average Bonchev–Trinajstić information content (AvgIpc) is 2.66. The maximum atomic E-state index is 11.4. The van der Waals surface area contributed by atoms with Gasteiger partial charge in [-0.2, -0.15) is 0 Å². The Labute approximate surface area is 157 Å². The highest BCUT2D eigenvalue weighted by atomic mass is 16.5. The average molecular weight is 354 g/mol. The van der Waals surface area contributed by atoms with E-state index in [0.29, 0.717) is 6.61 Å². The molecule has 0 aromatic heterocycles. The maximum absolute atomic E-state index is 11.4. The van der Waals surface area contributed by atoms with E-state index in [1.807, 2.05) is 30.3 Å². The predicted molar refractivity (Wildman–Crippen MR) is 107 cm³/mol. The van der Waals surface area contributed by atoms with Crippen LogP contribution in [-0.2, 0) is 6.61 Å². The lowest BCUT2D eigenvalue weighted by molar-refractivity contribution is -0.0278. The molecule has 0 heterocycles. The van der Waals surface area contributed by atoms with Gasteiger partial charge in [-0.15, -0.1) is 0 Å². The van der Waals surface area contributed by atoms with E-state index in [9.17, 15) is 5.11 Å². The Bertz CT molecular complexity index is 678. The Kier molecular flexibility index (Phi) is 6.33. The van der Waals surface area contributed by atoms with E-state index in [1.54, 1.807) is 0 Å². The topological polar surface area (TPSA) is 32.7 Å². The van der Waals surface area contributed by atoms with Crippen LogP contribution in [0.25, 0.3) is 0 Å². The van der Waals surface area contributed by atoms with Crippen LogP contribution in [0.15, 0.2) is 54.6 Å². The molecule has 3 rings (SSSR count). The highest BCUT2D eigenvalue weighted by molar-refractivity contribution is 5.33. The van der Waals surface area contributed by atoms with Gasteiger partial charge >= 0.3 is 0 Å². The molecule has 1 N–H and O–H groups in total. The van der Waals surface area contributed by atoms with Gasteiger partial charge in [0.1, 0.15) is 12.4 Å². The van der Waals surface area contributed by atoms with E-state index in [4.69, 9.17) is 4.74 Å². The van der Waals surface area contributed by atoms with Crippen molar-refractivity contribution < 1.29 is 9.84 Å². The van der Waals surface area contributed by atoms with Gasteiger partial charge in [0.25, 0.3) is 0 Å². The summed E-state index contributed by atoms with van der Waals surface area (Å²) in [6.07, 6.45) is 5.24. The van der Waals surface area contributed by atoms with Crippen molar-refractivity contribution in [2.45, 2.75) is 50.2 Å². The highest BCUT2D eigenvalue weighted by Gasteiger charge is 2.39. The van der Waals surface area contributed by atoms with E-state index < -0.39 is 5.60 Å².